The molecule has 1 aliphatic carbocycles. The molecule has 6 nitrogen and oxygen atoms in total. The van der Waals surface area contributed by atoms with Crippen LogP contribution in [0.25, 0.3) is 0 Å². The van der Waals surface area contributed by atoms with Gasteiger partial charge in [0.1, 0.15) is 4.90 Å². The van der Waals surface area contributed by atoms with Gasteiger partial charge in [-0.05, 0) is 54.7 Å². The Kier molecular flexibility index (Phi) is 7.51. The molecule has 0 spiro atoms. The number of Topliss-reactive ketones (excluding diaryl/α,β-unsaturated/α-hetero) is 1. The second-order valence-corrected chi connectivity index (χ2v) is 9.86. The molecule has 166 valence electrons. The molecule has 0 saturated heterocycles. The van der Waals surface area contributed by atoms with Gasteiger partial charge in [-0.25, -0.2) is 8.42 Å². The van der Waals surface area contributed by atoms with Crippen LogP contribution in [0, 0.1) is 0 Å². The average Bonchev–Trinajstić information content (AvgIpc) is 3.22. The molecule has 0 fully saturated rings. The number of carbonyl (C=O) groups excluding carboxylic acids is 2. The first-order valence-corrected chi connectivity index (χ1v) is 12.3. The highest BCUT2D eigenvalue weighted by Gasteiger charge is 2.25. The summed E-state index contributed by atoms with van der Waals surface area (Å²) in [7, 11) is -3.76. The number of halogens is 1. The molecule has 0 aliphatic heterocycles. The first-order valence-electron chi connectivity index (χ1n) is 10.5. The Morgan fingerprint density at radius 1 is 1.00 bits per heavy atom. The summed E-state index contributed by atoms with van der Waals surface area (Å²) in [5, 5.41) is 2.77. The third-order valence-electron chi connectivity index (χ3n) is 5.54. The smallest absolute Gasteiger partial charge is 0.244 e. The molecule has 2 aromatic rings. The maximum atomic E-state index is 12.8. The number of nitrogens with one attached hydrogen (secondary N) is 1. The molecule has 0 saturated carbocycles. The molecule has 3 rings (SSSR count). The van der Waals surface area contributed by atoms with Crippen molar-refractivity contribution in [2.45, 2.75) is 50.8 Å². The minimum atomic E-state index is -3.76. The van der Waals surface area contributed by atoms with Gasteiger partial charge in [-0.3, -0.25) is 9.59 Å². The van der Waals surface area contributed by atoms with Crippen molar-refractivity contribution in [1.82, 2.24) is 4.31 Å². The van der Waals surface area contributed by atoms with Crippen LogP contribution in [-0.2, 0) is 27.7 Å². The van der Waals surface area contributed by atoms with Gasteiger partial charge in [-0.2, -0.15) is 4.31 Å². The SMILES string of the molecule is CCN(CC)S(=O)(=O)c1cc(NC(=O)CCC(=O)c2ccc3c(c2)CCC3)ccc1Cl. The van der Waals surface area contributed by atoms with Crippen molar-refractivity contribution in [2.75, 3.05) is 18.4 Å². The van der Waals surface area contributed by atoms with Crippen molar-refractivity contribution in [2.24, 2.45) is 0 Å². The van der Waals surface area contributed by atoms with Crippen LogP contribution in [0.15, 0.2) is 41.3 Å². The lowest BCUT2D eigenvalue weighted by atomic mass is 10.0. The maximum absolute atomic E-state index is 12.8. The number of amides is 1. The second kappa shape index (κ2) is 9.94. The van der Waals surface area contributed by atoms with E-state index in [0.717, 1.165) is 19.3 Å². The molecule has 0 aromatic heterocycles. The van der Waals surface area contributed by atoms with Crippen LogP contribution >= 0.6 is 11.6 Å². The maximum Gasteiger partial charge on any atom is 0.244 e. The van der Waals surface area contributed by atoms with Crippen LogP contribution in [0.3, 0.4) is 0 Å². The molecule has 0 bridgehead atoms. The van der Waals surface area contributed by atoms with Crippen LogP contribution in [0.4, 0.5) is 5.69 Å². The standard InChI is InChI=1S/C23H27ClN2O4S/c1-3-26(4-2)31(29,30)22-15-19(10-11-20(22)24)25-23(28)13-12-21(27)18-9-8-16-6-5-7-17(16)14-18/h8-11,14-15H,3-7,12-13H2,1-2H3,(H,25,28). The predicted octanol–water partition coefficient (Wildman–Crippen LogP) is 4.46. The van der Waals surface area contributed by atoms with E-state index in [1.807, 2.05) is 18.2 Å². The van der Waals surface area contributed by atoms with Gasteiger partial charge in [0.05, 0.1) is 5.02 Å². The third-order valence-corrected chi connectivity index (χ3v) is 8.07. The number of anilines is 1. The van der Waals surface area contributed by atoms with Crippen LogP contribution in [0.5, 0.6) is 0 Å². The number of aryl methyl sites for hydroxylation is 2. The number of ketones is 1. The second-order valence-electron chi connectivity index (χ2n) is 7.54. The van der Waals surface area contributed by atoms with Gasteiger partial charge in [0.15, 0.2) is 5.78 Å². The van der Waals surface area contributed by atoms with Crippen molar-refractivity contribution < 1.29 is 18.0 Å². The molecule has 2 aromatic carbocycles. The monoisotopic (exact) mass is 462 g/mol. The summed E-state index contributed by atoms with van der Waals surface area (Å²) in [5.74, 6) is -0.436. The minimum absolute atomic E-state index is 0.0106. The fraction of sp³-hybridized carbons (Fsp3) is 0.391. The van der Waals surface area contributed by atoms with Gasteiger partial charge >= 0.3 is 0 Å². The molecule has 0 unspecified atom stereocenters. The highest BCUT2D eigenvalue weighted by Crippen LogP contribution is 2.28. The Morgan fingerprint density at radius 2 is 1.71 bits per heavy atom. The van der Waals surface area contributed by atoms with E-state index in [2.05, 4.69) is 5.32 Å². The number of sulfonamides is 1. The van der Waals surface area contributed by atoms with E-state index in [1.165, 1.54) is 27.6 Å². The molecule has 1 amide bonds. The van der Waals surface area contributed by atoms with Crippen molar-refractivity contribution in [3.8, 4) is 0 Å². The summed E-state index contributed by atoms with van der Waals surface area (Å²) in [6.07, 6.45) is 3.26. The van der Waals surface area contributed by atoms with Gasteiger partial charge in [-0.15, -0.1) is 0 Å². The number of benzene rings is 2. The third kappa shape index (κ3) is 5.34. The Morgan fingerprint density at radius 3 is 2.42 bits per heavy atom. The fourth-order valence-corrected chi connectivity index (χ4v) is 5.78. The Hall–Kier alpha value is -2.22. The summed E-state index contributed by atoms with van der Waals surface area (Å²) < 4.78 is 26.9. The van der Waals surface area contributed by atoms with Crippen LogP contribution in [0.2, 0.25) is 5.02 Å². The number of hydrogen-bond donors (Lipinski definition) is 1. The topological polar surface area (TPSA) is 83.6 Å². The summed E-state index contributed by atoms with van der Waals surface area (Å²) in [4.78, 5) is 24.8. The highest BCUT2D eigenvalue weighted by molar-refractivity contribution is 7.89. The van der Waals surface area contributed by atoms with E-state index >= 15 is 0 Å². The van der Waals surface area contributed by atoms with Crippen molar-refractivity contribution in [3.05, 3.63) is 58.1 Å². The molecular formula is C23H27ClN2O4S. The molecule has 31 heavy (non-hydrogen) atoms. The van der Waals surface area contributed by atoms with E-state index in [4.69, 9.17) is 11.6 Å². The quantitative estimate of drug-likeness (QED) is 0.557. The summed E-state index contributed by atoms with van der Waals surface area (Å²) >= 11 is 6.12. The highest BCUT2D eigenvalue weighted by atomic mass is 35.5. The predicted molar refractivity (Wildman–Crippen MR) is 122 cm³/mol. The lowest BCUT2D eigenvalue weighted by molar-refractivity contribution is -0.116. The van der Waals surface area contributed by atoms with Crippen LogP contribution in [0.1, 0.15) is 54.6 Å². The zero-order valence-electron chi connectivity index (χ0n) is 17.8. The minimum Gasteiger partial charge on any atom is -0.326 e. The van der Waals surface area contributed by atoms with Crippen molar-refractivity contribution in [1.29, 1.82) is 0 Å². The number of hydrogen-bond acceptors (Lipinski definition) is 4. The zero-order valence-corrected chi connectivity index (χ0v) is 19.4. The number of carbonyl (C=O) groups is 2. The number of fused-ring (bicyclic) bond motifs is 1. The zero-order chi connectivity index (χ0) is 22.6. The van der Waals surface area contributed by atoms with E-state index < -0.39 is 10.0 Å². The summed E-state index contributed by atoms with van der Waals surface area (Å²) in [5.41, 5.74) is 3.48. The van der Waals surface area contributed by atoms with Crippen LogP contribution in [-0.4, -0.2) is 37.5 Å². The van der Waals surface area contributed by atoms with E-state index in [-0.39, 0.29) is 34.5 Å². The average molecular weight is 463 g/mol. The molecule has 0 atom stereocenters. The Bertz CT molecular complexity index is 1090. The van der Waals surface area contributed by atoms with Gasteiger partial charge in [0.2, 0.25) is 15.9 Å². The molecule has 1 N–H and O–H groups in total. The Balaban J connectivity index is 1.65. The fourth-order valence-electron chi connectivity index (χ4n) is 3.82. The van der Waals surface area contributed by atoms with Crippen molar-refractivity contribution >= 4 is 39.0 Å². The van der Waals surface area contributed by atoms with E-state index in [9.17, 15) is 18.0 Å². The lowest BCUT2D eigenvalue weighted by Crippen LogP contribution is -2.30. The molecule has 8 heteroatoms. The molecular weight excluding hydrogens is 436 g/mol. The van der Waals surface area contributed by atoms with Crippen molar-refractivity contribution in [3.63, 3.8) is 0 Å². The van der Waals surface area contributed by atoms with E-state index in [0.29, 0.717) is 24.3 Å². The van der Waals surface area contributed by atoms with Crippen LogP contribution < -0.4 is 5.32 Å². The summed E-state index contributed by atoms with van der Waals surface area (Å²) in [6.45, 7) is 4.13. The van der Waals surface area contributed by atoms with Gasteiger partial charge < -0.3 is 5.32 Å². The lowest BCUT2D eigenvalue weighted by Gasteiger charge is -2.19. The largest absolute Gasteiger partial charge is 0.326 e. The first kappa shape index (κ1) is 23.4. The van der Waals surface area contributed by atoms with Gasteiger partial charge in [0, 0.05) is 37.2 Å². The normalized spacial score (nSPS) is 13.3. The molecule has 0 radical (unpaired) electrons. The number of rotatable bonds is 9. The first-order chi connectivity index (χ1) is 14.8. The molecule has 1 aliphatic rings. The Labute approximate surface area is 188 Å². The van der Waals surface area contributed by atoms with E-state index in [1.54, 1.807) is 19.9 Å². The summed E-state index contributed by atoms with van der Waals surface area (Å²) in [6, 6.07) is 10.1. The number of nitrogens with zero attached hydrogens (tertiary/aromatic N) is 1. The molecule has 0 heterocycles. The van der Waals surface area contributed by atoms with Gasteiger partial charge in [-0.1, -0.05) is 37.6 Å². The van der Waals surface area contributed by atoms with Gasteiger partial charge in [0.25, 0.3) is 0 Å².